The third-order valence-electron chi connectivity index (χ3n) is 4.10. The number of likely N-dealkylation sites (tertiary alicyclic amines) is 1. The minimum absolute atomic E-state index is 0.121. The molecule has 23 heavy (non-hydrogen) atoms. The number of hydrogen-bond donors (Lipinski definition) is 2. The predicted molar refractivity (Wildman–Crippen MR) is 92.7 cm³/mol. The van der Waals surface area contributed by atoms with Crippen molar-refractivity contribution in [3.63, 3.8) is 0 Å². The van der Waals surface area contributed by atoms with Crippen molar-refractivity contribution in [2.24, 2.45) is 5.92 Å². The lowest BCUT2D eigenvalue weighted by Crippen LogP contribution is -2.33. The smallest absolute Gasteiger partial charge is 0.321 e. The van der Waals surface area contributed by atoms with Gasteiger partial charge in [0.25, 0.3) is 0 Å². The molecular weight excluding hydrogens is 312 g/mol. The molecule has 5 heteroatoms. The zero-order valence-corrected chi connectivity index (χ0v) is 13.5. The van der Waals surface area contributed by atoms with Crippen LogP contribution in [0.3, 0.4) is 0 Å². The summed E-state index contributed by atoms with van der Waals surface area (Å²) in [6, 6.07) is 15.2. The van der Waals surface area contributed by atoms with Gasteiger partial charge in [-0.3, -0.25) is 0 Å². The first-order valence-electron chi connectivity index (χ1n) is 7.68. The molecule has 2 aromatic rings. The van der Waals surface area contributed by atoms with Crippen LogP contribution in [0.4, 0.5) is 10.5 Å². The van der Waals surface area contributed by atoms with Crippen molar-refractivity contribution >= 4 is 23.3 Å². The zero-order chi connectivity index (χ0) is 16.2. The molecule has 1 aliphatic heterocycles. The maximum atomic E-state index is 12.3. The van der Waals surface area contributed by atoms with Gasteiger partial charge in [0.15, 0.2) is 0 Å². The van der Waals surface area contributed by atoms with Gasteiger partial charge in [0.2, 0.25) is 0 Å². The number of anilines is 1. The molecule has 0 bridgehead atoms. The van der Waals surface area contributed by atoms with Gasteiger partial charge in [-0.05, 0) is 41.8 Å². The Kier molecular flexibility index (Phi) is 4.84. The second-order valence-electron chi connectivity index (χ2n) is 5.80. The first kappa shape index (κ1) is 15.8. The van der Waals surface area contributed by atoms with Gasteiger partial charge in [0.05, 0.1) is 0 Å². The van der Waals surface area contributed by atoms with Crippen LogP contribution in [-0.4, -0.2) is 35.7 Å². The molecular formula is C18H19ClN2O2. The van der Waals surface area contributed by atoms with Crippen molar-refractivity contribution in [3.8, 4) is 11.1 Å². The second-order valence-corrected chi connectivity index (χ2v) is 6.24. The zero-order valence-electron chi connectivity index (χ0n) is 12.7. The van der Waals surface area contributed by atoms with Crippen LogP contribution in [0.1, 0.15) is 6.42 Å². The van der Waals surface area contributed by atoms with Crippen LogP contribution in [-0.2, 0) is 0 Å². The summed E-state index contributed by atoms with van der Waals surface area (Å²) < 4.78 is 0. The summed E-state index contributed by atoms with van der Waals surface area (Å²) in [5.74, 6) is 0.193. The minimum Gasteiger partial charge on any atom is -0.396 e. The maximum absolute atomic E-state index is 12.3. The highest BCUT2D eigenvalue weighted by molar-refractivity contribution is 6.30. The molecule has 0 spiro atoms. The Morgan fingerprint density at radius 2 is 1.96 bits per heavy atom. The quantitative estimate of drug-likeness (QED) is 0.898. The fraction of sp³-hybridized carbons (Fsp3) is 0.278. The molecule has 120 valence electrons. The normalized spacial score (nSPS) is 17.3. The molecule has 1 atom stereocenters. The Labute approximate surface area is 140 Å². The molecule has 0 saturated carbocycles. The Morgan fingerprint density at radius 1 is 1.22 bits per heavy atom. The van der Waals surface area contributed by atoms with Gasteiger partial charge in [0, 0.05) is 36.3 Å². The van der Waals surface area contributed by atoms with E-state index in [1.165, 1.54) is 0 Å². The topological polar surface area (TPSA) is 52.6 Å². The summed E-state index contributed by atoms with van der Waals surface area (Å²) >= 11 is 6.04. The van der Waals surface area contributed by atoms with Crippen LogP contribution < -0.4 is 5.32 Å². The lowest BCUT2D eigenvalue weighted by molar-refractivity contribution is 0.209. The van der Waals surface area contributed by atoms with Gasteiger partial charge in [0.1, 0.15) is 0 Å². The largest absolute Gasteiger partial charge is 0.396 e. The van der Waals surface area contributed by atoms with E-state index in [4.69, 9.17) is 11.6 Å². The van der Waals surface area contributed by atoms with Crippen LogP contribution in [0, 0.1) is 5.92 Å². The number of nitrogens with one attached hydrogen (secondary N) is 1. The van der Waals surface area contributed by atoms with Gasteiger partial charge in [-0.15, -0.1) is 0 Å². The highest BCUT2D eigenvalue weighted by Gasteiger charge is 2.25. The van der Waals surface area contributed by atoms with Gasteiger partial charge >= 0.3 is 6.03 Å². The number of aliphatic hydroxyl groups is 1. The summed E-state index contributed by atoms with van der Waals surface area (Å²) in [5.41, 5.74) is 2.76. The number of urea groups is 1. The van der Waals surface area contributed by atoms with E-state index in [-0.39, 0.29) is 18.6 Å². The number of halogens is 1. The first-order valence-corrected chi connectivity index (χ1v) is 8.06. The monoisotopic (exact) mass is 330 g/mol. The fourth-order valence-electron chi connectivity index (χ4n) is 2.81. The first-order chi connectivity index (χ1) is 11.2. The molecule has 0 aromatic heterocycles. The summed E-state index contributed by atoms with van der Waals surface area (Å²) in [6.45, 7) is 1.43. The van der Waals surface area contributed by atoms with E-state index >= 15 is 0 Å². The Bertz CT molecular complexity index is 705. The average molecular weight is 331 g/mol. The molecule has 2 N–H and O–H groups in total. The number of carbonyl (C=O) groups excluding carboxylic acids is 1. The Hall–Kier alpha value is -2.04. The molecule has 1 saturated heterocycles. The van der Waals surface area contributed by atoms with E-state index in [1.54, 1.807) is 4.90 Å². The molecule has 1 heterocycles. The van der Waals surface area contributed by atoms with E-state index in [0.717, 1.165) is 23.2 Å². The van der Waals surface area contributed by atoms with Gasteiger partial charge in [-0.25, -0.2) is 4.79 Å². The van der Waals surface area contributed by atoms with Crippen molar-refractivity contribution in [3.05, 3.63) is 53.6 Å². The molecule has 0 unspecified atom stereocenters. The number of hydrogen-bond acceptors (Lipinski definition) is 2. The lowest BCUT2D eigenvalue weighted by atomic mass is 10.1. The van der Waals surface area contributed by atoms with Crippen molar-refractivity contribution in [1.82, 2.24) is 4.90 Å². The summed E-state index contributed by atoms with van der Waals surface area (Å²) in [4.78, 5) is 14.0. The van der Waals surface area contributed by atoms with E-state index in [9.17, 15) is 9.90 Å². The average Bonchev–Trinajstić information content (AvgIpc) is 3.04. The molecule has 2 amide bonds. The molecule has 4 nitrogen and oxygen atoms in total. The predicted octanol–water partition coefficient (Wildman–Crippen LogP) is 3.85. The van der Waals surface area contributed by atoms with Crippen molar-refractivity contribution < 1.29 is 9.90 Å². The summed E-state index contributed by atoms with van der Waals surface area (Å²) in [5, 5.41) is 12.8. The third-order valence-corrected chi connectivity index (χ3v) is 4.34. The van der Waals surface area contributed by atoms with Crippen molar-refractivity contribution in [2.75, 3.05) is 25.0 Å². The van der Waals surface area contributed by atoms with Gasteiger partial charge in [-0.1, -0.05) is 35.9 Å². The fourth-order valence-corrected chi connectivity index (χ4v) is 3.00. The van der Waals surface area contributed by atoms with Crippen molar-refractivity contribution in [2.45, 2.75) is 6.42 Å². The van der Waals surface area contributed by atoms with Crippen molar-refractivity contribution in [1.29, 1.82) is 0 Å². The van der Waals surface area contributed by atoms with E-state index in [1.807, 2.05) is 48.5 Å². The summed E-state index contributed by atoms with van der Waals surface area (Å²) in [7, 11) is 0. The number of rotatable bonds is 3. The Morgan fingerprint density at radius 3 is 2.65 bits per heavy atom. The number of aliphatic hydroxyl groups excluding tert-OH is 1. The number of nitrogens with zero attached hydrogens (tertiary/aromatic N) is 1. The highest BCUT2D eigenvalue weighted by atomic mass is 35.5. The van der Waals surface area contributed by atoms with Crippen LogP contribution in [0.5, 0.6) is 0 Å². The number of amides is 2. The minimum atomic E-state index is -0.121. The van der Waals surface area contributed by atoms with E-state index in [2.05, 4.69) is 5.32 Å². The summed E-state index contributed by atoms with van der Waals surface area (Å²) in [6.07, 6.45) is 0.854. The van der Waals surface area contributed by atoms with Crippen LogP contribution in [0.2, 0.25) is 5.02 Å². The van der Waals surface area contributed by atoms with E-state index in [0.29, 0.717) is 18.1 Å². The number of benzene rings is 2. The lowest BCUT2D eigenvalue weighted by Gasteiger charge is -2.17. The van der Waals surface area contributed by atoms with Gasteiger partial charge < -0.3 is 15.3 Å². The maximum Gasteiger partial charge on any atom is 0.321 e. The molecule has 1 aliphatic rings. The number of carbonyl (C=O) groups is 1. The third kappa shape index (κ3) is 3.84. The van der Waals surface area contributed by atoms with Crippen LogP contribution in [0.25, 0.3) is 11.1 Å². The molecule has 0 aliphatic carbocycles. The van der Waals surface area contributed by atoms with E-state index < -0.39 is 0 Å². The Balaban J connectivity index is 1.72. The van der Waals surface area contributed by atoms with Crippen LogP contribution >= 0.6 is 11.6 Å². The second kappa shape index (κ2) is 7.02. The van der Waals surface area contributed by atoms with Gasteiger partial charge in [-0.2, -0.15) is 0 Å². The standard InChI is InChI=1S/C18H19ClN2O2/c19-16-5-1-3-14(9-16)15-4-2-6-17(10-15)20-18(23)21-8-7-13(11-21)12-22/h1-6,9-10,13,22H,7-8,11-12H2,(H,20,23)/t13-/m1/s1. The molecule has 3 rings (SSSR count). The highest BCUT2D eigenvalue weighted by Crippen LogP contribution is 2.25. The molecule has 1 fully saturated rings. The van der Waals surface area contributed by atoms with Crippen LogP contribution in [0.15, 0.2) is 48.5 Å². The molecule has 2 aromatic carbocycles. The SMILES string of the molecule is O=C(Nc1cccc(-c2cccc(Cl)c2)c1)N1CC[C@@H](CO)C1. The molecule has 0 radical (unpaired) electrons.